The maximum atomic E-state index is 10.6. The number of hydrogen-bond acceptors (Lipinski definition) is 2. The highest BCUT2D eigenvalue weighted by Gasteiger charge is 2.21. The Balaban J connectivity index is 2.08. The van der Waals surface area contributed by atoms with Crippen molar-refractivity contribution in [2.24, 2.45) is 0 Å². The van der Waals surface area contributed by atoms with Gasteiger partial charge in [-0.3, -0.25) is 4.79 Å². The van der Waals surface area contributed by atoms with Crippen LogP contribution in [0.5, 0.6) is 5.75 Å². The molecule has 0 aliphatic carbocycles. The minimum Gasteiger partial charge on any atom is -0.490 e. The predicted molar refractivity (Wildman–Crippen MR) is 56.2 cm³/mol. The molecule has 3 heteroatoms. The molecule has 0 radical (unpaired) electrons. The molecule has 1 aromatic carbocycles. The molecule has 1 unspecified atom stereocenters. The maximum absolute atomic E-state index is 10.6. The van der Waals surface area contributed by atoms with E-state index in [1.54, 1.807) is 18.2 Å². The van der Waals surface area contributed by atoms with E-state index in [2.05, 4.69) is 0 Å². The maximum Gasteiger partial charge on any atom is 0.307 e. The molecule has 0 amide bonds. The Morgan fingerprint density at radius 1 is 1.73 bits per heavy atom. The Morgan fingerprint density at radius 2 is 2.60 bits per heavy atom. The predicted octanol–water partition coefficient (Wildman–Crippen LogP) is 2.03. The average Bonchev–Trinajstić information content (AvgIpc) is 2.54. The SMILES string of the molecule is [2H]C([2H])([2H])CC1Cc2cc(CC(=O)O)ccc2O1. The van der Waals surface area contributed by atoms with Crippen molar-refractivity contribution < 1.29 is 18.8 Å². The number of rotatable bonds is 3. The van der Waals surface area contributed by atoms with Gasteiger partial charge in [-0.2, -0.15) is 0 Å². The van der Waals surface area contributed by atoms with Crippen molar-refractivity contribution in [2.75, 3.05) is 0 Å². The summed E-state index contributed by atoms with van der Waals surface area (Å²) < 4.78 is 27.2. The summed E-state index contributed by atoms with van der Waals surface area (Å²) in [5.74, 6) is -0.216. The first-order valence-electron chi connectivity index (χ1n) is 6.34. The number of hydrogen-bond donors (Lipinski definition) is 1. The number of carboxylic acid groups (broad SMARTS) is 1. The van der Waals surface area contributed by atoms with Gasteiger partial charge in [-0.15, -0.1) is 0 Å². The van der Waals surface area contributed by atoms with E-state index in [1.165, 1.54) is 0 Å². The van der Waals surface area contributed by atoms with Crippen LogP contribution in [0.3, 0.4) is 0 Å². The van der Waals surface area contributed by atoms with E-state index in [0.29, 0.717) is 17.7 Å². The van der Waals surface area contributed by atoms with Crippen molar-refractivity contribution in [3.63, 3.8) is 0 Å². The van der Waals surface area contributed by atoms with Crippen molar-refractivity contribution in [3.8, 4) is 5.75 Å². The molecule has 0 aromatic heterocycles. The van der Waals surface area contributed by atoms with Gasteiger partial charge in [0.05, 0.1) is 6.42 Å². The lowest BCUT2D eigenvalue weighted by molar-refractivity contribution is -0.136. The molecule has 0 saturated heterocycles. The first kappa shape index (κ1) is 6.88. The highest BCUT2D eigenvalue weighted by atomic mass is 16.5. The molecule has 0 spiro atoms. The normalized spacial score (nSPS) is 22.1. The molecule has 3 nitrogen and oxygen atoms in total. The fourth-order valence-electron chi connectivity index (χ4n) is 1.77. The molecule has 80 valence electrons. The number of fused-ring (bicyclic) bond motifs is 1. The van der Waals surface area contributed by atoms with Crippen molar-refractivity contribution in [3.05, 3.63) is 29.3 Å². The van der Waals surface area contributed by atoms with Gasteiger partial charge >= 0.3 is 5.97 Å². The van der Waals surface area contributed by atoms with E-state index in [0.717, 1.165) is 5.56 Å². The Labute approximate surface area is 92.9 Å². The molecule has 1 atom stereocenters. The van der Waals surface area contributed by atoms with Crippen LogP contribution in [-0.2, 0) is 17.6 Å². The van der Waals surface area contributed by atoms with Gasteiger partial charge in [0, 0.05) is 10.5 Å². The van der Waals surface area contributed by atoms with Gasteiger partial charge in [0.15, 0.2) is 0 Å². The van der Waals surface area contributed by atoms with Crippen LogP contribution in [0, 0.1) is 0 Å². The van der Waals surface area contributed by atoms with Gasteiger partial charge in [0.1, 0.15) is 11.9 Å². The van der Waals surface area contributed by atoms with E-state index in [9.17, 15) is 4.79 Å². The van der Waals surface area contributed by atoms with E-state index >= 15 is 0 Å². The molecule has 0 bridgehead atoms. The molecule has 1 aliphatic heterocycles. The second-order valence-corrected chi connectivity index (χ2v) is 3.66. The van der Waals surface area contributed by atoms with E-state index in [1.807, 2.05) is 0 Å². The minimum atomic E-state index is -2.00. The van der Waals surface area contributed by atoms with Crippen molar-refractivity contribution in [1.82, 2.24) is 0 Å². The summed E-state index contributed by atoms with van der Waals surface area (Å²) in [6.07, 6.45) is 0.168. The number of carbonyl (C=O) groups is 1. The van der Waals surface area contributed by atoms with Crippen molar-refractivity contribution >= 4 is 5.97 Å². The highest BCUT2D eigenvalue weighted by Crippen LogP contribution is 2.30. The van der Waals surface area contributed by atoms with Gasteiger partial charge in [-0.1, -0.05) is 19.0 Å². The van der Waals surface area contributed by atoms with Gasteiger partial charge < -0.3 is 9.84 Å². The first-order valence-corrected chi connectivity index (χ1v) is 4.84. The zero-order chi connectivity index (χ0) is 13.3. The molecule has 1 aromatic rings. The fraction of sp³-hybridized carbons (Fsp3) is 0.417. The van der Waals surface area contributed by atoms with E-state index in [4.69, 9.17) is 14.0 Å². The summed E-state index contributed by atoms with van der Waals surface area (Å²) in [7, 11) is 0. The smallest absolute Gasteiger partial charge is 0.307 e. The lowest BCUT2D eigenvalue weighted by Crippen LogP contribution is -2.10. The fourth-order valence-corrected chi connectivity index (χ4v) is 1.77. The molecule has 0 saturated carbocycles. The van der Waals surface area contributed by atoms with Crippen molar-refractivity contribution in [2.45, 2.75) is 32.2 Å². The summed E-state index contributed by atoms with van der Waals surface area (Å²) in [5, 5.41) is 8.71. The third-order valence-electron chi connectivity index (χ3n) is 2.45. The third kappa shape index (κ3) is 2.12. The number of carboxylic acids is 1. The Bertz CT molecular complexity index is 468. The first-order chi connectivity index (χ1) is 8.33. The second kappa shape index (κ2) is 3.93. The topological polar surface area (TPSA) is 46.5 Å². The minimum absolute atomic E-state index is 0.00986. The second-order valence-electron chi connectivity index (χ2n) is 3.66. The van der Waals surface area contributed by atoms with Crippen LogP contribution in [0.15, 0.2) is 18.2 Å². The van der Waals surface area contributed by atoms with Crippen LogP contribution >= 0.6 is 0 Å². The molecule has 0 fully saturated rings. The van der Waals surface area contributed by atoms with Crippen LogP contribution in [-0.4, -0.2) is 17.2 Å². The van der Waals surface area contributed by atoms with E-state index < -0.39 is 12.8 Å². The Hall–Kier alpha value is -1.51. The quantitative estimate of drug-likeness (QED) is 0.828. The van der Waals surface area contributed by atoms with Gasteiger partial charge in [0.25, 0.3) is 0 Å². The number of ether oxygens (including phenoxy) is 1. The standard InChI is InChI=1S/C12H14O3/c1-2-10-7-9-5-8(6-12(13)14)3-4-11(9)15-10/h3-5,10H,2,6-7H2,1H3,(H,13,14)/i1D3. The monoisotopic (exact) mass is 209 g/mol. The zero-order valence-electron chi connectivity index (χ0n) is 11.2. The van der Waals surface area contributed by atoms with Crippen molar-refractivity contribution in [1.29, 1.82) is 0 Å². The van der Waals surface area contributed by atoms with Crippen LogP contribution in [0.25, 0.3) is 0 Å². The largest absolute Gasteiger partial charge is 0.490 e. The molecule has 15 heavy (non-hydrogen) atoms. The molecule has 1 aliphatic rings. The number of benzene rings is 1. The number of aliphatic carboxylic acids is 1. The van der Waals surface area contributed by atoms with E-state index in [-0.39, 0.29) is 18.9 Å². The average molecular weight is 209 g/mol. The Morgan fingerprint density at radius 3 is 3.33 bits per heavy atom. The summed E-state index contributed by atoms with van der Waals surface area (Å²) in [6.45, 7) is -2.00. The van der Waals surface area contributed by atoms with Gasteiger partial charge in [-0.05, 0) is 23.6 Å². The summed E-state index contributed by atoms with van der Waals surface area (Å²) in [4.78, 5) is 10.6. The van der Waals surface area contributed by atoms with Gasteiger partial charge in [-0.25, -0.2) is 0 Å². The summed E-state index contributed by atoms with van der Waals surface area (Å²) in [6, 6.07) is 5.20. The van der Waals surface area contributed by atoms with Gasteiger partial charge in [0.2, 0.25) is 0 Å². The van der Waals surface area contributed by atoms with Crippen LogP contribution in [0.2, 0.25) is 0 Å². The lowest BCUT2D eigenvalue weighted by atomic mass is 10.0. The zero-order valence-corrected chi connectivity index (χ0v) is 8.19. The molecular formula is C12H14O3. The lowest BCUT2D eigenvalue weighted by Gasteiger charge is -2.05. The summed E-state index contributed by atoms with van der Waals surface area (Å²) >= 11 is 0. The Kier molecular flexibility index (Phi) is 1.80. The molecular weight excluding hydrogens is 192 g/mol. The molecule has 1 heterocycles. The highest BCUT2D eigenvalue weighted by molar-refractivity contribution is 5.70. The molecule has 2 rings (SSSR count). The van der Waals surface area contributed by atoms with Crippen LogP contribution in [0.4, 0.5) is 0 Å². The van der Waals surface area contributed by atoms with Crippen LogP contribution in [0.1, 0.15) is 28.5 Å². The summed E-state index contributed by atoms with van der Waals surface area (Å²) in [5.41, 5.74) is 1.60. The third-order valence-corrected chi connectivity index (χ3v) is 2.45. The molecule has 1 N–H and O–H groups in total. The van der Waals surface area contributed by atoms with Crippen LogP contribution < -0.4 is 4.74 Å².